The van der Waals surface area contributed by atoms with Gasteiger partial charge in [0.2, 0.25) is 0 Å². The first kappa shape index (κ1) is 12.6. The highest BCUT2D eigenvalue weighted by atomic mass is 32.2. The minimum atomic E-state index is 0.470. The Bertz CT molecular complexity index is 279. The Balaban J connectivity index is 2.61. The lowest BCUT2D eigenvalue weighted by Gasteiger charge is -2.17. The van der Waals surface area contributed by atoms with Gasteiger partial charge in [0.1, 0.15) is 0 Å². The van der Waals surface area contributed by atoms with Gasteiger partial charge in [-0.1, -0.05) is 43.7 Å². The summed E-state index contributed by atoms with van der Waals surface area (Å²) in [6, 6.07) is 9.27. The second kappa shape index (κ2) is 6.19. The summed E-state index contributed by atoms with van der Waals surface area (Å²) < 4.78 is 0. The lowest BCUT2D eigenvalue weighted by atomic mass is 10.1. The normalized spacial score (nSPS) is 13.1. The molecule has 0 aliphatic carbocycles. The zero-order valence-electron chi connectivity index (χ0n) is 10.1. The molecule has 0 aliphatic heterocycles. The van der Waals surface area contributed by atoms with Gasteiger partial charge in [-0.05, 0) is 24.8 Å². The van der Waals surface area contributed by atoms with Gasteiger partial charge in [0.25, 0.3) is 0 Å². The Morgan fingerprint density at radius 2 is 1.80 bits per heavy atom. The van der Waals surface area contributed by atoms with Gasteiger partial charge < -0.3 is 5.32 Å². The fraction of sp³-hybridized carbons (Fsp3) is 0.538. The third-order valence-corrected chi connectivity index (χ3v) is 3.62. The van der Waals surface area contributed by atoms with Crippen molar-refractivity contribution in [1.29, 1.82) is 0 Å². The molecule has 0 saturated heterocycles. The van der Waals surface area contributed by atoms with E-state index in [9.17, 15) is 0 Å². The number of benzene rings is 1. The first-order valence-electron chi connectivity index (χ1n) is 5.49. The smallest absolute Gasteiger partial charge is 0.0409 e. The lowest BCUT2D eigenvalue weighted by molar-refractivity contribution is 0.661. The highest BCUT2D eigenvalue weighted by Crippen LogP contribution is 2.21. The van der Waals surface area contributed by atoms with E-state index >= 15 is 0 Å². The maximum absolute atomic E-state index is 3.37. The van der Waals surface area contributed by atoms with E-state index in [1.54, 1.807) is 0 Å². The first-order valence-corrected chi connectivity index (χ1v) is 6.53. The molecule has 15 heavy (non-hydrogen) atoms. The maximum Gasteiger partial charge on any atom is 0.0409 e. The third-order valence-electron chi connectivity index (χ3n) is 2.42. The van der Waals surface area contributed by atoms with Crippen molar-refractivity contribution in [3.05, 3.63) is 35.4 Å². The summed E-state index contributed by atoms with van der Waals surface area (Å²) in [6.45, 7) is 6.61. The molecule has 0 amide bonds. The lowest BCUT2D eigenvalue weighted by Crippen LogP contribution is -2.19. The SMILES string of the molecule is CNC(CSC(C)C)c1ccc(C)cc1. The van der Waals surface area contributed by atoms with E-state index in [2.05, 4.69) is 50.4 Å². The molecule has 0 fully saturated rings. The molecule has 0 spiro atoms. The second-order valence-corrected chi connectivity index (χ2v) is 5.74. The van der Waals surface area contributed by atoms with E-state index < -0.39 is 0 Å². The molecule has 1 nitrogen and oxygen atoms in total. The van der Waals surface area contributed by atoms with Gasteiger partial charge >= 0.3 is 0 Å². The summed E-state index contributed by atoms with van der Waals surface area (Å²) in [6.07, 6.45) is 0. The van der Waals surface area contributed by atoms with Gasteiger partial charge in [0.15, 0.2) is 0 Å². The molecular formula is C13H21NS. The van der Waals surface area contributed by atoms with Crippen molar-refractivity contribution < 1.29 is 0 Å². The molecule has 0 saturated carbocycles. The van der Waals surface area contributed by atoms with Crippen LogP contribution in [0.15, 0.2) is 24.3 Å². The monoisotopic (exact) mass is 223 g/mol. The highest BCUT2D eigenvalue weighted by molar-refractivity contribution is 7.99. The fourth-order valence-electron chi connectivity index (χ4n) is 1.43. The Morgan fingerprint density at radius 1 is 1.20 bits per heavy atom. The molecule has 1 atom stereocenters. The summed E-state index contributed by atoms with van der Waals surface area (Å²) in [7, 11) is 2.03. The third kappa shape index (κ3) is 4.27. The molecule has 84 valence electrons. The van der Waals surface area contributed by atoms with Crippen LogP contribution in [0.1, 0.15) is 31.0 Å². The number of hydrogen-bond acceptors (Lipinski definition) is 2. The van der Waals surface area contributed by atoms with Crippen LogP contribution in [0, 0.1) is 6.92 Å². The average Bonchev–Trinajstić information content (AvgIpc) is 2.21. The van der Waals surface area contributed by atoms with Gasteiger partial charge in [-0.25, -0.2) is 0 Å². The number of aryl methyl sites for hydroxylation is 1. The van der Waals surface area contributed by atoms with Crippen molar-refractivity contribution in [3.63, 3.8) is 0 Å². The molecule has 1 unspecified atom stereocenters. The molecule has 0 aliphatic rings. The van der Waals surface area contributed by atoms with Crippen molar-refractivity contribution in [2.45, 2.75) is 32.1 Å². The zero-order valence-corrected chi connectivity index (χ0v) is 10.9. The molecule has 2 heteroatoms. The Hall–Kier alpha value is -0.470. The number of nitrogens with one attached hydrogen (secondary N) is 1. The predicted molar refractivity (Wildman–Crippen MR) is 70.6 cm³/mol. The quantitative estimate of drug-likeness (QED) is 0.821. The van der Waals surface area contributed by atoms with Crippen molar-refractivity contribution in [1.82, 2.24) is 5.32 Å². The van der Waals surface area contributed by atoms with Gasteiger partial charge in [-0.3, -0.25) is 0 Å². The summed E-state index contributed by atoms with van der Waals surface area (Å²) in [4.78, 5) is 0. The van der Waals surface area contributed by atoms with E-state index in [-0.39, 0.29) is 0 Å². The maximum atomic E-state index is 3.37. The van der Waals surface area contributed by atoms with Crippen molar-refractivity contribution in [3.8, 4) is 0 Å². The van der Waals surface area contributed by atoms with E-state index in [1.165, 1.54) is 11.1 Å². The molecule has 1 rings (SSSR count). The topological polar surface area (TPSA) is 12.0 Å². The van der Waals surface area contributed by atoms with Crippen LogP contribution in [-0.2, 0) is 0 Å². The summed E-state index contributed by atoms with van der Waals surface area (Å²) >= 11 is 2.00. The number of thioether (sulfide) groups is 1. The standard InChI is InChI=1S/C13H21NS/c1-10(2)15-9-13(14-4)12-7-5-11(3)6-8-12/h5-8,10,13-14H,9H2,1-4H3. The van der Waals surface area contributed by atoms with E-state index in [4.69, 9.17) is 0 Å². The Labute approximate surface area is 97.7 Å². The predicted octanol–water partition coefficient (Wildman–Crippen LogP) is 3.40. The highest BCUT2D eigenvalue weighted by Gasteiger charge is 2.09. The van der Waals surface area contributed by atoms with Gasteiger partial charge in [0, 0.05) is 11.8 Å². The average molecular weight is 223 g/mol. The van der Waals surface area contributed by atoms with Gasteiger partial charge in [-0.15, -0.1) is 0 Å². The first-order chi connectivity index (χ1) is 7.13. The molecule has 1 aromatic carbocycles. The van der Waals surface area contributed by atoms with Crippen LogP contribution < -0.4 is 5.32 Å². The second-order valence-electron chi connectivity index (χ2n) is 4.13. The largest absolute Gasteiger partial charge is 0.312 e. The molecule has 1 N–H and O–H groups in total. The Kier molecular flexibility index (Phi) is 5.20. The number of rotatable bonds is 5. The van der Waals surface area contributed by atoms with E-state index in [0.717, 1.165) is 5.75 Å². The molecule has 0 radical (unpaired) electrons. The summed E-state index contributed by atoms with van der Waals surface area (Å²) in [5, 5.41) is 4.07. The van der Waals surface area contributed by atoms with Crippen LogP contribution >= 0.6 is 11.8 Å². The molecular weight excluding hydrogens is 202 g/mol. The van der Waals surface area contributed by atoms with E-state index in [0.29, 0.717) is 11.3 Å². The van der Waals surface area contributed by atoms with Gasteiger partial charge in [0.05, 0.1) is 0 Å². The van der Waals surface area contributed by atoms with Crippen LogP contribution in [0.5, 0.6) is 0 Å². The summed E-state index contributed by atoms with van der Waals surface area (Å²) in [5.74, 6) is 1.14. The van der Waals surface area contributed by atoms with Crippen molar-refractivity contribution in [2.75, 3.05) is 12.8 Å². The molecule has 0 bridgehead atoms. The fourth-order valence-corrected chi connectivity index (χ4v) is 2.37. The minimum absolute atomic E-state index is 0.470. The van der Waals surface area contributed by atoms with Crippen molar-refractivity contribution in [2.24, 2.45) is 0 Å². The number of hydrogen-bond donors (Lipinski definition) is 1. The van der Waals surface area contributed by atoms with Crippen LogP contribution in [0.3, 0.4) is 0 Å². The van der Waals surface area contributed by atoms with Gasteiger partial charge in [-0.2, -0.15) is 11.8 Å². The molecule has 0 heterocycles. The van der Waals surface area contributed by atoms with Crippen LogP contribution in [0.4, 0.5) is 0 Å². The zero-order chi connectivity index (χ0) is 11.3. The van der Waals surface area contributed by atoms with Crippen LogP contribution in [-0.4, -0.2) is 18.1 Å². The van der Waals surface area contributed by atoms with Crippen LogP contribution in [0.2, 0.25) is 0 Å². The minimum Gasteiger partial charge on any atom is -0.312 e. The Morgan fingerprint density at radius 3 is 2.27 bits per heavy atom. The molecule has 1 aromatic rings. The summed E-state index contributed by atoms with van der Waals surface area (Å²) in [5.41, 5.74) is 2.71. The molecule has 0 aromatic heterocycles. The van der Waals surface area contributed by atoms with Crippen molar-refractivity contribution >= 4 is 11.8 Å². The van der Waals surface area contributed by atoms with E-state index in [1.807, 2.05) is 18.8 Å². The van der Waals surface area contributed by atoms with Crippen LogP contribution in [0.25, 0.3) is 0 Å².